The van der Waals surface area contributed by atoms with Gasteiger partial charge in [-0.05, 0) is 67.8 Å². The van der Waals surface area contributed by atoms with Gasteiger partial charge in [0.05, 0.1) is 23.8 Å². The molecule has 1 aliphatic heterocycles. The highest BCUT2D eigenvalue weighted by atomic mass is 16.5. The molecule has 1 atom stereocenters. The monoisotopic (exact) mass is 534 g/mol. The third-order valence-corrected chi connectivity index (χ3v) is 8.09. The fraction of sp³-hybridized carbons (Fsp3) is 0.355. The van der Waals surface area contributed by atoms with Gasteiger partial charge in [0, 0.05) is 43.7 Å². The number of hydrogen-bond donors (Lipinski definition) is 2. The van der Waals surface area contributed by atoms with Crippen molar-refractivity contribution >= 4 is 11.5 Å². The predicted octanol–water partition coefficient (Wildman–Crippen LogP) is 4.96. The first-order chi connectivity index (χ1) is 19.7. The van der Waals surface area contributed by atoms with E-state index in [1.807, 2.05) is 42.6 Å². The highest BCUT2D eigenvalue weighted by Crippen LogP contribution is 2.40. The maximum atomic E-state index is 6.61. The van der Waals surface area contributed by atoms with Crippen molar-refractivity contribution in [3.63, 3.8) is 0 Å². The number of piperidine rings is 1. The summed E-state index contributed by atoms with van der Waals surface area (Å²) in [5, 5.41) is 11.2. The molecule has 2 aliphatic rings. The van der Waals surface area contributed by atoms with Gasteiger partial charge in [-0.1, -0.05) is 24.3 Å². The van der Waals surface area contributed by atoms with Crippen LogP contribution in [0.1, 0.15) is 31.2 Å². The van der Waals surface area contributed by atoms with Crippen LogP contribution in [0.25, 0.3) is 28.2 Å². The third-order valence-electron chi connectivity index (χ3n) is 8.09. The van der Waals surface area contributed by atoms with Crippen molar-refractivity contribution in [2.45, 2.75) is 38.3 Å². The van der Waals surface area contributed by atoms with Crippen molar-refractivity contribution in [2.75, 3.05) is 18.4 Å². The highest BCUT2D eigenvalue weighted by molar-refractivity contribution is 5.64. The van der Waals surface area contributed by atoms with E-state index in [0.29, 0.717) is 24.5 Å². The lowest BCUT2D eigenvalue weighted by Crippen LogP contribution is -2.38. The standard InChI is InChI=1S/C31H34N8O/c1-38-19-25(17-37-38)22-4-2-21(3-5-22)16-33-29-15-27(35-20-36-29)28-18-34-30-14-26(10-13-39(28)30)40-31(23-6-7-23)24-8-11-32-12-9-24/h2-5,10,13-15,17-20,23-24,31-32H,6-9,11-12,16H2,1H3,(H,33,35,36). The van der Waals surface area contributed by atoms with Gasteiger partial charge in [0.1, 0.15) is 29.6 Å². The normalized spacial score (nSPS) is 16.7. The summed E-state index contributed by atoms with van der Waals surface area (Å²) in [4.78, 5) is 13.7. The minimum absolute atomic E-state index is 0.307. The summed E-state index contributed by atoms with van der Waals surface area (Å²) in [5.74, 6) is 3.00. The van der Waals surface area contributed by atoms with Crippen LogP contribution >= 0.6 is 0 Å². The zero-order valence-corrected chi connectivity index (χ0v) is 22.7. The maximum Gasteiger partial charge on any atom is 0.140 e. The number of rotatable bonds is 9. The Morgan fingerprint density at radius 1 is 0.950 bits per heavy atom. The van der Waals surface area contributed by atoms with Crippen molar-refractivity contribution in [1.82, 2.24) is 34.4 Å². The molecular formula is C31H34N8O. The lowest BCUT2D eigenvalue weighted by Gasteiger charge is -2.31. The van der Waals surface area contributed by atoms with Gasteiger partial charge in [0.15, 0.2) is 0 Å². The zero-order chi connectivity index (χ0) is 26.9. The molecule has 9 nitrogen and oxygen atoms in total. The minimum atomic E-state index is 0.307. The molecule has 0 bridgehead atoms. The zero-order valence-electron chi connectivity index (χ0n) is 22.7. The second-order valence-electron chi connectivity index (χ2n) is 11.0. The fourth-order valence-electron chi connectivity index (χ4n) is 5.73. The van der Waals surface area contributed by atoms with Crippen molar-refractivity contribution < 1.29 is 4.74 Å². The van der Waals surface area contributed by atoms with E-state index in [4.69, 9.17) is 4.74 Å². The van der Waals surface area contributed by atoms with Crippen molar-refractivity contribution in [3.05, 3.63) is 79.1 Å². The van der Waals surface area contributed by atoms with Gasteiger partial charge < -0.3 is 15.4 Å². The molecule has 5 heterocycles. The van der Waals surface area contributed by atoms with Gasteiger partial charge in [-0.15, -0.1) is 0 Å². The van der Waals surface area contributed by atoms with Gasteiger partial charge in [-0.3, -0.25) is 9.08 Å². The number of pyridine rings is 1. The molecule has 0 spiro atoms. The number of nitrogens with zero attached hydrogens (tertiary/aromatic N) is 6. The van der Waals surface area contributed by atoms with Crippen LogP contribution < -0.4 is 15.4 Å². The minimum Gasteiger partial charge on any atom is -0.490 e. The second kappa shape index (κ2) is 10.7. The molecule has 5 aromatic rings. The van der Waals surface area contributed by atoms with Gasteiger partial charge in [0.25, 0.3) is 0 Å². The summed E-state index contributed by atoms with van der Waals surface area (Å²) >= 11 is 0. The number of benzene rings is 1. The average Bonchev–Trinajstić information content (AvgIpc) is 3.61. The van der Waals surface area contributed by atoms with E-state index in [1.165, 1.54) is 31.2 Å². The van der Waals surface area contributed by atoms with E-state index in [1.54, 1.807) is 6.33 Å². The molecule has 1 aromatic carbocycles. The largest absolute Gasteiger partial charge is 0.490 e. The number of aromatic nitrogens is 6. The molecule has 204 valence electrons. The first-order valence-electron chi connectivity index (χ1n) is 14.2. The number of aryl methyl sites for hydroxylation is 1. The van der Waals surface area contributed by atoms with Gasteiger partial charge in [0.2, 0.25) is 0 Å². The Kier molecular flexibility index (Phi) is 6.65. The van der Waals surface area contributed by atoms with Gasteiger partial charge in [-0.2, -0.15) is 5.10 Å². The molecule has 1 unspecified atom stereocenters. The molecule has 2 fully saturated rings. The molecule has 2 N–H and O–H groups in total. The topological polar surface area (TPSA) is 94.2 Å². The molecular weight excluding hydrogens is 500 g/mol. The second-order valence-corrected chi connectivity index (χ2v) is 11.0. The Hall–Kier alpha value is -4.24. The Bertz CT molecular complexity index is 1600. The summed E-state index contributed by atoms with van der Waals surface area (Å²) in [6.45, 7) is 2.85. The lowest BCUT2D eigenvalue weighted by molar-refractivity contribution is 0.0925. The van der Waals surface area contributed by atoms with Crippen molar-refractivity contribution in [2.24, 2.45) is 18.9 Å². The van der Waals surface area contributed by atoms with Gasteiger partial charge in [-0.25, -0.2) is 15.0 Å². The van der Waals surface area contributed by atoms with Crippen LogP contribution in [-0.4, -0.2) is 48.3 Å². The van der Waals surface area contributed by atoms with E-state index < -0.39 is 0 Å². The van der Waals surface area contributed by atoms with Crippen molar-refractivity contribution in [1.29, 1.82) is 0 Å². The van der Waals surface area contributed by atoms with E-state index in [2.05, 4.69) is 71.5 Å². The molecule has 1 aliphatic carbocycles. The molecule has 1 saturated carbocycles. The molecule has 4 aromatic heterocycles. The first-order valence-corrected chi connectivity index (χ1v) is 14.2. The molecule has 0 radical (unpaired) electrons. The third kappa shape index (κ3) is 5.29. The Balaban J connectivity index is 1.04. The van der Waals surface area contributed by atoms with Crippen molar-refractivity contribution in [3.8, 4) is 28.3 Å². The molecule has 0 amide bonds. The number of fused-ring (bicyclic) bond motifs is 1. The van der Waals surface area contributed by atoms with Crippen LogP contribution in [0.15, 0.2) is 73.6 Å². The Labute approximate surface area is 233 Å². The molecule has 40 heavy (non-hydrogen) atoms. The molecule has 1 saturated heterocycles. The van der Waals surface area contributed by atoms with E-state index >= 15 is 0 Å². The summed E-state index contributed by atoms with van der Waals surface area (Å²) in [5.41, 5.74) is 6.02. The summed E-state index contributed by atoms with van der Waals surface area (Å²) < 4.78 is 10.5. The average molecular weight is 535 g/mol. The van der Waals surface area contributed by atoms with Crippen LogP contribution in [0.3, 0.4) is 0 Å². The van der Waals surface area contributed by atoms with Crippen LogP contribution in [0.5, 0.6) is 5.75 Å². The van der Waals surface area contributed by atoms with Gasteiger partial charge >= 0.3 is 0 Å². The van der Waals surface area contributed by atoms with E-state index in [0.717, 1.165) is 52.8 Å². The number of anilines is 1. The number of nitrogens with one attached hydrogen (secondary N) is 2. The van der Waals surface area contributed by atoms with E-state index in [9.17, 15) is 0 Å². The Morgan fingerprint density at radius 3 is 2.55 bits per heavy atom. The summed E-state index contributed by atoms with van der Waals surface area (Å²) in [7, 11) is 1.93. The maximum absolute atomic E-state index is 6.61. The lowest BCUT2D eigenvalue weighted by atomic mass is 9.89. The number of hydrogen-bond acceptors (Lipinski definition) is 7. The van der Waals surface area contributed by atoms with Crippen LogP contribution in [-0.2, 0) is 13.6 Å². The summed E-state index contributed by atoms with van der Waals surface area (Å²) in [6, 6.07) is 14.6. The smallest absolute Gasteiger partial charge is 0.140 e. The Morgan fingerprint density at radius 2 is 1.77 bits per heavy atom. The van der Waals surface area contributed by atoms with Crippen LogP contribution in [0.2, 0.25) is 0 Å². The number of imidazole rings is 1. The summed E-state index contributed by atoms with van der Waals surface area (Å²) in [6.07, 6.45) is 14.7. The fourth-order valence-corrected chi connectivity index (χ4v) is 5.73. The molecule has 9 heteroatoms. The van der Waals surface area contributed by atoms with Crippen LogP contribution in [0.4, 0.5) is 5.82 Å². The van der Waals surface area contributed by atoms with E-state index in [-0.39, 0.29) is 0 Å². The molecule has 7 rings (SSSR count). The predicted molar refractivity (Wildman–Crippen MR) is 155 cm³/mol. The number of ether oxygens (including phenoxy) is 1. The SMILES string of the molecule is Cn1cc(-c2ccc(CNc3cc(-c4cnc5cc(OC(C6CCNCC6)C6CC6)ccn45)ncn3)cc2)cn1. The van der Waals surface area contributed by atoms with Crippen LogP contribution in [0, 0.1) is 11.8 Å². The highest BCUT2D eigenvalue weighted by Gasteiger charge is 2.38. The first kappa shape index (κ1) is 24.8. The quantitative estimate of drug-likeness (QED) is 0.276.